The normalized spacial score (nSPS) is 18.7. The summed E-state index contributed by atoms with van der Waals surface area (Å²) in [6, 6.07) is 13.4. The highest BCUT2D eigenvalue weighted by molar-refractivity contribution is 6.31. The first kappa shape index (κ1) is 25.2. The Kier molecular flexibility index (Phi) is 6.92. The van der Waals surface area contributed by atoms with Crippen LogP contribution in [0.25, 0.3) is 11.1 Å². The number of nitrogens with zero attached hydrogens (tertiary/aromatic N) is 3. The summed E-state index contributed by atoms with van der Waals surface area (Å²) in [5.41, 5.74) is 4.89. The SMILES string of the molecule is Cc1cc(Cl)cc(N2C=Nc3cc(C)c(-c4cccc(F)c4O)cc3C2C(=O)N(C)CC2CCCN2)c1. The summed E-state index contributed by atoms with van der Waals surface area (Å²) in [5.74, 6) is -1.20. The molecule has 2 aliphatic heterocycles. The highest BCUT2D eigenvalue weighted by Crippen LogP contribution is 2.43. The fourth-order valence-electron chi connectivity index (χ4n) is 5.28. The van der Waals surface area contributed by atoms with Gasteiger partial charge in [0.2, 0.25) is 5.91 Å². The van der Waals surface area contributed by atoms with Crippen LogP contribution < -0.4 is 10.2 Å². The molecule has 2 unspecified atom stereocenters. The summed E-state index contributed by atoms with van der Waals surface area (Å²) in [7, 11) is 1.82. The van der Waals surface area contributed by atoms with E-state index in [0.717, 1.165) is 36.2 Å². The lowest BCUT2D eigenvalue weighted by atomic mass is 9.91. The summed E-state index contributed by atoms with van der Waals surface area (Å²) in [6.07, 6.45) is 3.80. The summed E-state index contributed by atoms with van der Waals surface area (Å²) in [5, 5.41) is 14.5. The summed E-state index contributed by atoms with van der Waals surface area (Å²) < 4.78 is 14.2. The van der Waals surface area contributed by atoms with Crippen molar-refractivity contribution in [1.82, 2.24) is 10.2 Å². The number of benzene rings is 3. The van der Waals surface area contributed by atoms with Crippen molar-refractivity contribution in [1.29, 1.82) is 0 Å². The first-order valence-corrected chi connectivity index (χ1v) is 12.8. The van der Waals surface area contributed by atoms with Crippen molar-refractivity contribution in [2.75, 3.05) is 25.0 Å². The molecular formula is C29H30ClFN4O2. The van der Waals surface area contributed by atoms with Crippen molar-refractivity contribution < 1.29 is 14.3 Å². The predicted molar refractivity (Wildman–Crippen MR) is 146 cm³/mol. The number of carbonyl (C=O) groups is 1. The van der Waals surface area contributed by atoms with Gasteiger partial charge in [0.15, 0.2) is 11.6 Å². The first-order valence-electron chi connectivity index (χ1n) is 12.4. The van der Waals surface area contributed by atoms with Crippen LogP contribution in [0.15, 0.2) is 53.5 Å². The number of fused-ring (bicyclic) bond motifs is 1. The molecule has 6 nitrogen and oxygen atoms in total. The van der Waals surface area contributed by atoms with Crippen LogP contribution in [0, 0.1) is 19.7 Å². The first-order chi connectivity index (χ1) is 17.7. The zero-order valence-electron chi connectivity index (χ0n) is 21.1. The molecule has 0 saturated carbocycles. The number of rotatable bonds is 5. The van der Waals surface area contributed by atoms with Gasteiger partial charge in [0.25, 0.3) is 0 Å². The van der Waals surface area contributed by atoms with Crippen molar-refractivity contribution >= 4 is 35.2 Å². The Morgan fingerprint density at radius 3 is 2.76 bits per heavy atom. The summed E-state index contributed by atoms with van der Waals surface area (Å²) >= 11 is 6.39. The third-order valence-electron chi connectivity index (χ3n) is 7.14. The van der Waals surface area contributed by atoms with Gasteiger partial charge in [0.1, 0.15) is 6.04 Å². The number of anilines is 1. The van der Waals surface area contributed by atoms with E-state index in [0.29, 0.717) is 33.9 Å². The molecule has 8 heteroatoms. The number of likely N-dealkylation sites (N-methyl/N-ethyl adjacent to an activating group) is 1. The number of phenolic OH excluding ortho intramolecular Hbond substituents is 1. The Balaban J connectivity index is 1.63. The average Bonchev–Trinajstić information content (AvgIpc) is 3.37. The molecule has 1 saturated heterocycles. The van der Waals surface area contributed by atoms with Crippen LogP contribution >= 0.6 is 11.6 Å². The molecule has 0 aliphatic carbocycles. The van der Waals surface area contributed by atoms with E-state index in [9.17, 15) is 14.3 Å². The van der Waals surface area contributed by atoms with Gasteiger partial charge in [0, 0.05) is 41.5 Å². The minimum Gasteiger partial charge on any atom is -0.504 e. The smallest absolute Gasteiger partial charge is 0.250 e. The third kappa shape index (κ3) is 4.93. The third-order valence-corrected chi connectivity index (χ3v) is 7.35. The fourth-order valence-corrected chi connectivity index (χ4v) is 5.56. The van der Waals surface area contributed by atoms with E-state index in [2.05, 4.69) is 10.3 Å². The highest BCUT2D eigenvalue weighted by atomic mass is 35.5. The molecule has 2 heterocycles. The molecule has 0 bridgehead atoms. The molecule has 2 atom stereocenters. The van der Waals surface area contributed by atoms with Gasteiger partial charge in [-0.15, -0.1) is 0 Å². The maximum Gasteiger partial charge on any atom is 0.250 e. The molecule has 2 N–H and O–H groups in total. The Morgan fingerprint density at radius 1 is 1.22 bits per heavy atom. The Morgan fingerprint density at radius 2 is 2.03 bits per heavy atom. The van der Waals surface area contributed by atoms with Crippen molar-refractivity contribution in [3.63, 3.8) is 0 Å². The number of hydrogen-bond acceptors (Lipinski definition) is 5. The van der Waals surface area contributed by atoms with Crippen molar-refractivity contribution in [2.24, 2.45) is 4.99 Å². The van der Waals surface area contributed by atoms with Gasteiger partial charge >= 0.3 is 0 Å². The van der Waals surface area contributed by atoms with E-state index < -0.39 is 17.6 Å². The van der Waals surface area contributed by atoms with Gasteiger partial charge < -0.3 is 20.2 Å². The number of phenols is 1. The van der Waals surface area contributed by atoms with Crippen molar-refractivity contribution in [3.05, 3.63) is 76.1 Å². The minimum atomic E-state index is -0.716. The van der Waals surface area contributed by atoms with Gasteiger partial charge in [-0.25, -0.2) is 9.38 Å². The number of para-hydroxylation sites is 1. The standard InChI is InChI=1S/C29H30ClFN4O2/c1-17-10-19(30)13-21(11-17)35-16-33-26-12-18(2)23(22-7-4-8-25(31)28(22)36)14-24(26)27(35)29(37)34(3)15-20-6-5-9-32-20/h4,7-8,10-14,16,20,27,32,36H,5-6,9,15H2,1-3H3. The molecule has 2 aliphatic rings. The zero-order valence-corrected chi connectivity index (χ0v) is 21.9. The number of carbonyl (C=O) groups excluding carboxylic acids is 1. The topological polar surface area (TPSA) is 68.2 Å². The lowest BCUT2D eigenvalue weighted by Crippen LogP contribution is -2.46. The Hall–Kier alpha value is -3.42. The number of aliphatic imine (C=N–C) groups is 1. The van der Waals surface area contributed by atoms with E-state index in [1.165, 1.54) is 6.07 Å². The molecule has 0 radical (unpaired) electrons. The number of nitrogens with one attached hydrogen (secondary N) is 1. The molecular weight excluding hydrogens is 491 g/mol. The second kappa shape index (κ2) is 10.1. The number of amides is 1. The maximum absolute atomic E-state index is 14.2. The quantitative estimate of drug-likeness (QED) is 0.439. The predicted octanol–water partition coefficient (Wildman–Crippen LogP) is 5.90. The molecule has 0 aromatic heterocycles. The molecule has 3 aromatic carbocycles. The lowest BCUT2D eigenvalue weighted by molar-refractivity contribution is -0.131. The zero-order chi connectivity index (χ0) is 26.3. The summed E-state index contributed by atoms with van der Waals surface area (Å²) in [6.45, 7) is 5.39. The van der Waals surface area contributed by atoms with Gasteiger partial charge in [-0.2, -0.15) is 0 Å². The summed E-state index contributed by atoms with van der Waals surface area (Å²) in [4.78, 5) is 22.4. The fraction of sp³-hybridized carbons (Fsp3) is 0.310. The molecule has 5 rings (SSSR count). The van der Waals surface area contributed by atoms with Crippen LogP contribution in [0.4, 0.5) is 15.8 Å². The second-order valence-corrected chi connectivity index (χ2v) is 10.4. The van der Waals surface area contributed by atoms with Crippen LogP contribution in [0.1, 0.15) is 35.6 Å². The number of aromatic hydroxyl groups is 1. The number of hydrogen-bond donors (Lipinski definition) is 2. The van der Waals surface area contributed by atoms with E-state index >= 15 is 0 Å². The largest absolute Gasteiger partial charge is 0.504 e. The molecule has 3 aromatic rings. The molecule has 1 fully saturated rings. The highest BCUT2D eigenvalue weighted by Gasteiger charge is 2.36. The van der Waals surface area contributed by atoms with Crippen LogP contribution in [-0.2, 0) is 4.79 Å². The van der Waals surface area contributed by atoms with E-state index in [1.54, 1.807) is 23.4 Å². The molecule has 192 valence electrons. The Labute approximate surface area is 221 Å². The van der Waals surface area contributed by atoms with Gasteiger partial charge in [-0.3, -0.25) is 4.79 Å². The van der Waals surface area contributed by atoms with Crippen molar-refractivity contribution in [3.8, 4) is 16.9 Å². The van der Waals surface area contributed by atoms with E-state index in [4.69, 9.17) is 11.6 Å². The number of aryl methyl sites for hydroxylation is 2. The van der Waals surface area contributed by atoms with Crippen molar-refractivity contribution in [2.45, 2.75) is 38.8 Å². The average molecular weight is 521 g/mol. The second-order valence-electron chi connectivity index (χ2n) is 9.92. The molecule has 1 amide bonds. The van der Waals surface area contributed by atoms with Crippen LogP contribution in [0.2, 0.25) is 5.02 Å². The van der Waals surface area contributed by atoms with Gasteiger partial charge in [-0.05, 0) is 86.3 Å². The monoisotopic (exact) mass is 520 g/mol. The number of halogens is 2. The lowest BCUT2D eigenvalue weighted by Gasteiger charge is -2.36. The minimum absolute atomic E-state index is 0.0861. The molecule has 0 spiro atoms. The van der Waals surface area contributed by atoms with Gasteiger partial charge in [0.05, 0.1) is 12.0 Å². The van der Waals surface area contributed by atoms with Crippen LogP contribution in [0.3, 0.4) is 0 Å². The Bertz CT molecular complexity index is 1370. The van der Waals surface area contributed by atoms with Gasteiger partial charge in [-0.1, -0.05) is 23.7 Å². The van der Waals surface area contributed by atoms with Crippen LogP contribution in [-0.4, -0.2) is 48.4 Å². The van der Waals surface area contributed by atoms with E-state index in [-0.39, 0.29) is 11.9 Å². The van der Waals surface area contributed by atoms with Crippen LogP contribution in [0.5, 0.6) is 5.75 Å². The molecule has 37 heavy (non-hydrogen) atoms. The van der Waals surface area contributed by atoms with E-state index in [1.807, 2.05) is 56.1 Å². The maximum atomic E-state index is 14.2.